The molecule has 0 unspecified atom stereocenters. The third-order valence-corrected chi connectivity index (χ3v) is 5.22. The zero-order valence-electron chi connectivity index (χ0n) is 17.1. The summed E-state index contributed by atoms with van der Waals surface area (Å²) in [5.41, 5.74) is 4.89. The number of amidine groups is 1. The standard InChI is InChI=1S/C21H43N3O/c1-4-6-7-8-9-10-11-12-13-14-15-16-17-18-19(25)24-21(3,5-2)20(22)23/h4-18H2,1-3H3,(H3,22,23)(H,24,25)/t21-/m0/s1. The molecule has 0 bridgehead atoms. The van der Waals surface area contributed by atoms with Crippen LogP contribution in [0, 0.1) is 5.41 Å². The van der Waals surface area contributed by atoms with Gasteiger partial charge in [-0.2, -0.15) is 0 Å². The highest BCUT2D eigenvalue weighted by atomic mass is 16.1. The minimum Gasteiger partial charge on any atom is -0.386 e. The van der Waals surface area contributed by atoms with Crippen LogP contribution in [0.25, 0.3) is 0 Å². The highest BCUT2D eigenvalue weighted by molar-refractivity contribution is 5.91. The second-order valence-corrected chi connectivity index (χ2v) is 7.64. The van der Waals surface area contributed by atoms with E-state index in [1.54, 1.807) is 0 Å². The van der Waals surface area contributed by atoms with E-state index < -0.39 is 5.54 Å². The molecule has 1 atom stereocenters. The molecule has 0 saturated carbocycles. The van der Waals surface area contributed by atoms with Crippen molar-refractivity contribution in [3.05, 3.63) is 0 Å². The average Bonchev–Trinajstić information content (AvgIpc) is 2.58. The van der Waals surface area contributed by atoms with Gasteiger partial charge in [0.25, 0.3) is 0 Å². The molecule has 0 aliphatic carbocycles. The summed E-state index contributed by atoms with van der Waals surface area (Å²) < 4.78 is 0. The first-order valence-corrected chi connectivity index (χ1v) is 10.6. The lowest BCUT2D eigenvalue weighted by molar-refractivity contribution is -0.122. The second kappa shape index (κ2) is 15.2. The Morgan fingerprint density at radius 1 is 0.840 bits per heavy atom. The molecule has 25 heavy (non-hydrogen) atoms. The van der Waals surface area contributed by atoms with Crippen LogP contribution in [-0.4, -0.2) is 17.3 Å². The van der Waals surface area contributed by atoms with Crippen LogP contribution in [0.15, 0.2) is 0 Å². The molecule has 0 radical (unpaired) electrons. The van der Waals surface area contributed by atoms with E-state index in [2.05, 4.69) is 12.2 Å². The van der Waals surface area contributed by atoms with Gasteiger partial charge in [-0.05, 0) is 19.8 Å². The van der Waals surface area contributed by atoms with Gasteiger partial charge < -0.3 is 11.1 Å². The van der Waals surface area contributed by atoms with Crippen LogP contribution < -0.4 is 11.1 Å². The highest BCUT2D eigenvalue weighted by Crippen LogP contribution is 2.13. The Labute approximate surface area is 156 Å². The van der Waals surface area contributed by atoms with Crippen molar-refractivity contribution in [3.63, 3.8) is 0 Å². The molecule has 0 aromatic rings. The maximum absolute atomic E-state index is 12.0. The van der Waals surface area contributed by atoms with E-state index in [-0.39, 0.29) is 11.7 Å². The molecule has 0 aliphatic heterocycles. The maximum Gasteiger partial charge on any atom is 0.220 e. The molecule has 0 aromatic carbocycles. The van der Waals surface area contributed by atoms with E-state index >= 15 is 0 Å². The van der Waals surface area contributed by atoms with Crippen LogP contribution in [0.2, 0.25) is 0 Å². The molecule has 0 saturated heterocycles. The number of amides is 1. The molecule has 1 amide bonds. The normalized spacial score (nSPS) is 13.4. The Morgan fingerprint density at radius 2 is 1.24 bits per heavy atom. The summed E-state index contributed by atoms with van der Waals surface area (Å²) in [6.07, 6.45) is 18.2. The van der Waals surface area contributed by atoms with E-state index in [0.717, 1.165) is 12.8 Å². The summed E-state index contributed by atoms with van der Waals surface area (Å²) >= 11 is 0. The topological polar surface area (TPSA) is 79.0 Å². The Kier molecular flexibility index (Phi) is 14.6. The molecule has 4 nitrogen and oxygen atoms in total. The van der Waals surface area contributed by atoms with Gasteiger partial charge in [-0.15, -0.1) is 0 Å². The fraction of sp³-hybridized carbons (Fsp3) is 0.905. The first kappa shape index (κ1) is 23.9. The van der Waals surface area contributed by atoms with E-state index in [9.17, 15) is 4.79 Å². The van der Waals surface area contributed by atoms with Crippen molar-refractivity contribution in [2.75, 3.05) is 0 Å². The second-order valence-electron chi connectivity index (χ2n) is 7.64. The average molecular weight is 354 g/mol. The van der Waals surface area contributed by atoms with Gasteiger partial charge in [0.15, 0.2) is 0 Å². The van der Waals surface area contributed by atoms with Gasteiger partial charge >= 0.3 is 0 Å². The smallest absolute Gasteiger partial charge is 0.220 e. The summed E-state index contributed by atoms with van der Waals surface area (Å²) in [7, 11) is 0. The number of nitrogens with two attached hydrogens (primary N) is 1. The number of nitrogens with one attached hydrogen (secondary N) is 2. The van der Waals surface area contributed by atoms with Crippen molar-refractivity contribution in [2.24, 2.45) is 5.73 Å². The number of carbonyl (C=O) groups is 1. The van der Waals surface area contributed by atoms with Crippen molar-refractivity contribution in [3.8, 4) is 0 Å². The van der Waals surface area contributed by atoms with Gasteiger partial charge in [-0.1, -0.05) is 90.9 Å². The predicted molar refractivity (Wildman–Crippen MR) is 109 cm³/mol. The zero-order valence-corrected chi connectivity index (χ0v) is 17.1. The van der Waals surface area contributed by atoms with E-state index in [1.165, 1.54) is 70.6 Å². The van der Waals surface area contributed by atoms with Gasteiger partial charge in [0.1, 0.15) is 5.84 Å². The summed E-state index contributed by atoms with van der Waals surface area (Å²) in [5.74, 6) is 0.0522. The predicted octanol–water partition coefficient (Wildman–Crippen LogP) is 5.69. The molecule has 0 fully saturated rings. The Morgan fingerprint density at radius 3 is 1.60 bits per heavy atom. The molecule has 0 spiro atoms. The number of carbonyl (C=O) groups excluding carboxylic acids is 1. The number of rotatable bonds is 17. The third kappa shape index (κ3) is 12.9. The van der Waals surface area contributed by atoms with Gasteiger partial charge in [0, 0.05) is 6.42 Å². The van der Waals surface area contributed by atoms with Crippen LogP contribution in [-0.2, 0) is 4.79 Å². The number of hydrogen-bond donors (Lipinski definition) is 3. The van der Waals surface area contributed by atoms with Gasteiger partial charge in [-0.25, -0.2) is 0 Å². The van der Waals surface area contributed by atoms with E-state index in [1.807, 2.05) is 13.8 Å². The Bertz CT molecular complexity index is 357. The Hall–Kier alpha value is -1.06. The van der Waals surface area contributed by atoms with Gasteiger partial charge in [0.05, 0.1) is 5.54 Å². The summed E-state index contributed by atoms with van der Waals surface area (Å²) in [5, 5.41) is 10.5. The molecule has 0 heterocycles. The molecule has 148 valence electrons. The van der Waals surface area contributed by atoms with Crippen molar-refractivity contribution in [1.29, 1.82) is 5.41 Å². The van der Waals surface area contributed by atoms with E-state index in [0.29, 0.717) is 12.8 Å². The largest absolute Gasteiger partial charge is 0.386 e. The SMILES string of the molecule is CCCCCCCCCCCCCCCC(=O)N[C@@](C)(CC)C(=N)N. The van der Waals surface area contributed by atoms with Crippen molar-refractivity contribution < 1.29 is 4.79 Å². The Balaban J connectivity index is 3.44. The molecule has 4 N–H and O–H groups in total. The van der Waals surface area contributed by atoms with Crippen molar-refractivity contribution >= 4 is 11.7 Å². The first-order valence-electron chi connectivity index (χ1n) is 10.6. The lowest BCUT2D eigenvalue weighted by Crippen LogP contribution is -2.54. The van der Waals surface area contributed by atoms with Crippen molar-refractivity contribution in [1.82, 2.24) is 5.32 Å². The van der Waals surface area contributed by atoms with Gasteiger partial charge in [-0.3, -0.25) is 10.2 Å². The van der Waals surface area contributed by atoms with Crippen molar-refractivity contribution in [2.45, 2.75) is 123 Å². The lowest BCUT2D eigenvalue weighted by Gasteiger charge is -2.28. The highest BCUT2D eigenvalue weighted by Gasteiger charge is 2.27. The summed E-state index contributed by atoms with van der Waals surface area (Å²) in [6, 6.07) is 0. The maximum atomic E-state index is 12.0. The quantitative estimate of drug-likeness (QED) is 0.178. The van der Waals surface area contributed by atoms with Crippen LogP contribution in [0.5, 0.6) is 0 Å². The molecule has 4 heteroatoms. The molecular weight excluding hydrogens is 310 g/mol. The molecular formula is C21H43N3O. The minimum atomic E-state index is -0.687. The van der Waals surface area contributed by atoms with Crippen LogP contribution in [0.4, 0.5) is 0 Å². The number of unbranched alkanes of at least 4 members (excludes halogenated alkanes) is 12. The zero-order chi connectivity index (χ0) is 19.0. The molecule has 0 aliphatic rings. The van der Waals surface area contributed by atoms with E-state index in [4.69, 9.17) is 11.1 Å². The van der Waals surface area contributed by atoms with Crippen LogP contribution in [0.1, 0.15) is 117 Å². The summed E-state index contributed by atoms with van der Waals surface area (Å²) in [4.78, 5) is 12.0. The number of hydrogen-bond acceptors (Lipinski definition) is 2. The van der Waals surface area contributed by atoms with Crippen LogP contribution >= 0.6 is 0 Å². The van der Waals surface area contributed by atoms with Crippen LogP contribution in [0.3, 0.4) is 0 Å². The summed E-state index contributed by atoms with van der Waals surface area (Å²) in [6.45, 7) is 6.02. The fourth-order valence-corrected chi connectivity index (χ4v) is 3.02. The lowest BCUT2D eigenvalue weighted by atomic mass is 9.97. The third-order valence-electron chi connectivity index (χ3n) is 5.22. The minimum absolute atomic E-state index is 0.0163. The molecule has 0 rings (SSSR count). The molecule has 0 aromatic heterocycles. The fourth-order valence-electron chi connectivity index (χ4n) is 3.02. The van der Waals surface area contributed by atoms with Gasteiger partial charge in [0.2, 0.25) is 5.91 Å². The first-order chi connectivity index (χ1) is 12.0. The monoisotopic (exact) mass is 353 g/mol.